The van der Waals surface area contributed by atoms with Crippen LogP contribution >= 0.6 is 0 Å². The van der Waals surface area contributed by atoms with Crippen LogP contribution in [0.3, 0.4) is 0 Å². The molecule has 0 spiro atoms. The van der Waals surface area contributed by atoms with Gasteiger partial charge in [0.2, 0.25) is 5.89 Å². The summed E-state index contributed by atoms with van der Waals surface area (Å²) in [6, 6.07) is 5.68. The zero-order chi connectivity index (χ0) is 11.9. The van der Waals surface area contributed by atoms with Gasteiger partial charge in [0.15, 0.2) is 5.58 Å². The quantitative estimate of drug-likeness (QED) is 0.801. The van der Waals surface area contributed by atoms with Crippen molar-refractivity contribution < 1.29 is 4.42 Å². The maximum absolute atomic E-state index is 5.94. The van der Waals surface area contributed by atoms with E-state index in [1.807, 2.05) is 18.2 Å². The first-order valence-corrected chi connectivity index (χ1v) is 6.40. The van der Waals surface area contributed by atoms with Crippen LogP contribution in [0.4, 0.5) is 5.69 Å². The van der Waals surface area contributed by atoms with Gasteiger partial charge in [-0.2, -0.15) is 0 Å². The van der Waals surface area contributed by atoms with Gasteiger partial charge in [0.05, 0.1) is 0 Å². The van der Waals surface area contributed by atoms with Crippen LogP contribution < -0.4 is 5.73 Å². The Balaban J connectivity index is 2.11. The Morgan fingerprint density at radius 1 is 1.35 bits per heavy atom. The number of oxazole rings is 1. The second-order valence-corrected chi connectivity index (χ2v) is 5.09. The zero-order valence-corrected chi connectivity index (χ0v) is 10.2. The number of anilines is 1. The number of nitrogens with zero attached hydrogens (tertiary/aromatic N) is 1. The molecule has 1 aromatic heterocycles. The molecule has 1 aliphatic rings. The van der Waals surface area contributed by atoms with E-state index < -0.39 is 0 Å². The zero-order valence-electron chi connectivity index (χ0n) is 10.2. The first kappa shape index (κ1) is 10.6. The molecule has 0 saturated heterocycles. The van der Waals surface area contributed by atoms with E-state index in [-0.39, 0.29) is 5.41 Å². The fourth-order valence-corrected chi connectivity index (χ4v) is 2.94. The standard InChI is InChI=1S/C14H18N2O/c1-2-14(7-3-4-8-14)13-16-11-6-5-10(15)9-12(11)17-13/h5-6,9H,2-4,7-8,15H2,1H3. The van der Waals surface area contributed by atoms with Gasteiger partial charge in [-0.05, 0) is 31.4 Å². The van der Waals surface area contributed by atoms with Crippen LogP contribution in [0.2, 0.25) is 0 Å². The molecule has 1 aliphatic carbocycles. The Morgan fingerprint density at radius 2 is 2.12 bits per heavy atom. The molecule has 0 unspecified atom stereocenters. The predicted molar refractivity (Wildman–Crippen MR) is 68.9 cm³/mol. The average molecular weight is 230 g/mol. The van der Waals surface area contributed by atoms with Crippen LogP contribution in [-0.4, -0.2) is 4.98 Å². The minimum absolute atomic E-state index is 0.174. The Morgan fingerprint density at radius 3 is 2.82 bits per heavy atom. The van der Waals surface area contributed by atoms with Crippen molar-refractivity contribution in [2.75, 3.05) is 5.73 Å². The molecular formula is C14H18N2O. The summed E-state index contributed by atoms with van der Waals surface area (Å²) in [6.07, 6.45) is 6.08. The molecule has 3 rings (SSSR count). The van der Waals surface area contributed by atoms with E-state index in [0.717, 1.165) is 29.1 Å². The van der Waals surface area contributed by atoms with Crippen molar-refractivity contribution in [2.24, 2.45) is 0 Å². The molecule has 17 heavy (non-hydrogen) atoms. The van der Waals surface area contributed by atoms with Gasteiger partial charge in [-0.25, -0.2) is 4.98 Å². The van der Waals surface area contributed by atoms with Crippen molar-refractivity contribution in [3.05, 3.63) is 24.1 Å². The number of hydrogen-bond acceptors (Lipinski definition) is 3. The summed E-state index contributed by atoms with van der Waals surface area (Å²) in [6.45, 7) is 2.23. The highest BCUT2D eigenvalue weighted by Crippen LogP contribution is 2.44. The van der Waals surface area contributed by atoms with Gasteiger partial charge in [-0.1, -0.05) is 19.8 Å². The van der Waals surface area contributed by atoms with Gasteiger partial charge >= 0.3 is 0 Å². The van der Waals surface area contributed by atoms with E-state index >= 15 is 0 Å². The molecule has 3 nitrogen and oxygen atoms in total. The smallest absolute Gasteiger partial charge is 0.201 e. The molecule has 2 N–H and O–H groups in total. The summed E-state index contributed by atoms with van der Waals surface area (Å²) in [5, 5.41) is 0. The van der Waals surface area contributed by atoms with Crippen LogP contribution in [-0.2, 0) is 5.41 Å². The lowest BCUT2D eigenvalue weighted by Gasteiger charge is -2.22. The number of benzene rings is 1. The van der Waals surface area contributed by atoms with Crippen LogP contribution in [0.5, 0.6) is 0 Å². The summed E-state index contributed by atoms with van der Waals surface area (Å²) in [7, 11) is 0. The van der Waals surface area contributed by atoms with Crippen molar-refractivity contribution in [1.29, 1.82) is 0 Å². The molecule has 1 fully saturated rings. The van der Waals surface area contributed by atoms with E-state index in [1.165, 1.54) is 25.7 Å². The molecule has 1 heterocycles. The maximum Gasteiger partial charge on any atom is 0.201 e. The minimum Gasteiger partial charge on any atom is -0.440 e. The van der Waals surface area contributed by atoms with Gasteiger partial charge in [0, 0.05) is 17.2 Å². The Labute approximate surface area is 101 Å². The molecule has 0 bridgehead atoms. The Bertz CT molecular complexity index is 538. The topological polar surface area (TPSA) is 52.0 Å². The molecule has 0 aliphatic heterocycles. The molecule has 0 amide bonds. The molecule has 0 atom stereocenters. The SMILES string of the molecule is CCC1(c2nc3ccc(N)cc3o2)CCCC1. The van der Waals surface area contributed by atoms with Gasteiger partial charge < -0.3 is 10.2 Å². The summed E-state index contributed by atoms with van der Waals surface area (Å²) in [5.74, 6) is 0.915. The molecule has 1 aromatic carbocycles. The highest BCUT2D eigenvalue weighted by Gasteiger charge is 2.38. The number of nitrogen functional groups attached to an aromatic ring is 1. The highest BCUT2D eigenvalue weighted by atomic mass is 16.3. The molecular weight excluding hydrogens is 212 g/mol. The van der Waals surface area contributed by atoms with Gasteiger partial charge in [-0.15, -0.1) is 0 Å². The van der Waals surface area contributed by atoms with Crippen LogP contribution in [0.25, 0.3) is 11.1 Å². The largest absolute Gasteiger partial charge is 0.440 e. The van der Waals surface area contributed by atoms with Crippen molar-refractivity contribution >= 4 is 16.8 Å². The third-order valence-electron chi connectivity index (χ3n) is 4.10. The van der Waals surface area contributed by atoms with Crippen LogP contribution in [0.15, 0.2) is 22.6 Å². The van der Waals surface area contributed by atoms with E-state index in [9.17, 15) is 0 Å². The lowest BCUT2D eigenvalue weighted by atomic mass is 9.83. The Kier molecular flexibility index (Phi) is 2.35. The summed E-state index contributed by atoms with van der Waals surface area (Å²) in [4.78, 5) is 4.66. The Hall–Kier alpha value is -1.51. The molecule has 0 radical (unpaired) electrons. The normalized spacial score (nSPS) is 18.9. The summed E-state index contributed by atoms with van der Waals surface area (Å²) < 4.78 is 5.94. The average Bonchev–Trinajstić information content (AvgIpc) is 2.94. The second kappa shape index (κ2) is 3.76. The number of rotatable bonds is 2. The van der Waals surface area contributed by atoms with Crippen molar-refractivity contribution in [3.8, 4) is 0 Å². The molecule has 2 aromatic rings. The fraction of sp³-hybridized carbons (Fsp3) is 0.500. The number of aromatic nitrogens is 1. The predicted octanol–water partition coefficient (Wildman–Crippen LogP) is 3.63. The van der Waals surface area contributed by atoms with E-state index in [1.54, 1.807) is 0 Å². The van der Waals surface area contributed by atoms with Gasteiger partial charge in [0.25, 0.3) is 0 Å². The van der Waals surface area contributed by atoms with E-state index in [0.29, 0.717) is 0 Å². The van der Waals surface area contributed by atoms with Gasteiger partial charge in [0.1, 0.15) is 5.52 Å². The third-order valence-corrected chi connectivity index (χ3v) is 4.10. The number of fused-ring (bicyclic) bond motifs is 1. The number of hydrogen-bond donors (Lipinski definition) is 1. The minimum atomic E-state index is 0.174. The fourth-order valence-electron chi connectivity index (χ4n) is 2.94. The van der Waals surface area contributed by atoms with Crippen LogP contribution in [0.1, 0.15) is 44.9 Å². The van der Waals surface area contributed by atoms with Gasteiger partial charge in [-0.3, -0.25) is 0 Å². The number of nitrogens with two attached hydrogens (primary N) is 1. The third kappa shape index (κ3) is 1.61. The van der Waals surface area contributed by atoms with E-state index in [2.05, 4.69) is 11.9 Å². The lowest BCUT2D eigenvalue weighted by molar-refractivity contribution is 0.326. The van der Waals surface area contributed by atoms with Crippen molar-refractivity contribution in [1.82, 2.24) is 4.98 Å². The second-order valence-electron chi connectivity index (χ2n) is 5.09. The van der Waals surface area contributed by atoms with Crippen LogP contribution in [0, 0.1) is 0 Å². The van der Waals surface area contributed by atoms with Crippen molar-refractivity contribution in [2.45, 2.75) is 44.4 Å². The first-order chi connectivity index (χ1) is 8.23. The maximum atomic E-state index is 5.94. The van der Waals surface area contributed by atoms with Crippen molar-refractivity contribution in [3.63, 3.8) is 0 Å². The summed E-state index contributed by atoms with van der Waals surface area (Å²) >= 11 is 0. The molecule has 90 valence electrons. The first-order valence-electron chi connectivity index (χ1n) is 6.40. The monoisotopic (exact) mass is 230 g/mol. The lowest BCUT2D eigenvalue weighted by Crippen LogP contribution is -2.20. The summed E-state index contributed by atoms with van der Waals surface area (Å²) in [5.41, 5.74) is 8.42. The molecule has 1 saturated carbocycles. The molecule has 3 heteroatoms. The highest BCUT2D eigenvalue weighted by molar-refractivity contribution is 5.76. The van der Waals surface area contributed by atoms with E-state index in [4.69, 9.17) is 10.2 Å².